The summed E-state index contributed by atoms with van der Waals surface area (Å²) in [6.45, 7) is 3.96. The molecule has 0 aliphatic heterocycles. The quantitative estimate of drug-likeness (QED) is 0.141. The van der Waals surface area contributed by atoms with E-state index in [1.807, 2.05) is 68.4 Å². The van der Waals surface area contributed by atoms with Crippen LogP contribution in [0.2, 0.25) is 5.02 Å². The van der Waals surface area contributed by atoms with E-state index >= 15 is 0 Å². The first-order valence-corrected chi connectivity index (χ1v) is 17.4. The first-order chi connectivity index (χ1) is 21.6. The van der Waals surface area contributed by atoms with E-state index < -0.39 is 28.5 Å². The van der Waals surface area contributed by atoms with Gasteiger partial charge in [-0.05, 0) is 73.0 Å². The van der Waals surface area contributed by atoms with Crippen LogP contribution in [0.4, 0.5) is 5.69 Å². The molecule has 0 saturated heterocycles. The Hall–Kier alpha value is -3.66. The van der Waals surface area contributed by atoms with Gasteiger partial charge in [0, 0.05) is 29.0 Å². The number of nitrogens with one attached hydrogen (secondary N) is 1. The lowest BCUT2D eigenvalue weighted by molar-refractivity contribution is -0.140. The molecule has 0 spiro atoms. The number of amides is 2. The fourth-order valence-corrected chi connectivity index (χ4v) is 6.62. The normalized spacial score (nSPS) is 11.9. The van der Waals surface area contributed by atoms with Crippen molar-refractivity contribution in [1.29, 1.82) is 0 Å². The van der Waals surface area contributed by atoms with Gasteiger partial charge in [0.05, 0.1) is 10.6 Å². The molecule has 0 saturated carbocycles. The molecular formula is C35H37BrClN3O4S. The first kappa shape index (κ1) is 34.2. The molecule has 0 radical (unpaired) electrons. The van der Waals surface area contributed by atoms with Gasteiger partial charge in [0.15, 0.2) is 0 Å². The average molecular weight is 711 g/mol. The van der Waals surface area contributed by atoms with Crippen LogP contribution in [-0.4, -0.2) is 44.3 Å². The molecule has 0 unspecified atom stereocenters. The molecule has 4 aromatic carbocycles. The molecule has 0 bridgehead atoms. The fourth-order valence-electron chi connectivity index (χ4n) is 4.82. The van der Waals surface area contributed by atoms with Crippen LogP contribution in [0.25, 0.3) is 0 Å². The number of hydrogen-bond donors (Lipinski definition) is 1. The number of benzene rings is 4. The Morgan fingerprint density at radius 1 is 0.867 bits per heavy atom. The van der Waals surface area contributed by atoms with Crippen molar-refractivity contribution in [3.05, 3.63) is 129 Å². The van der Waals surface area contributed by atoms with E-state index in [0.29, 0.717) is 11.6 Å². The van der Waals surface area contributed by atoms with Gasteiger partial charge in [0.1, 0.15) is 12.6 Å². The van der Waals surface area contributed by atoms with Crippen LogP contribution >= 0.6 is 27.5 Å². The highest BCUT2D eigenvalue weighted by Gasteiger charge is 2.34. The number of halogens is 2. The van der Waals surface area contributed by atoms with Crippen LogP contribution < -0.4 is 9.62 Å². The summed E-state index contributed by atoms with van der Waals surface area (Å²) in [4.78, 5) is 29.8. The van der Waals surface area contributed by atoms with Gasteiger partial charge >= 0.3 is 0 Å². The number of carbonyl (C=O) groups excluding carboxylic acids is 2. The summed E-state index contributed by atoms with van der Waals surface area (Å²) in [6.07, 6.45) is 1.95. The van der Waals surface area contributed by atoms with E-state index in [1.165, 1.54) is 17.0 Å². The number of sulfonamides is 1. The van der Waals surface area contributed by atoms with Gasteiger partial charge < -0.3 is 10.2 Å². The molecule has 0 fully saturated rings. The molecule has 4 rings (SSSR count). The maximum absolute atomic E-state index is 14.5. The number of carbonyl (C=O) groups is 2. The van der Waals surface area contributed by atoms with Crippen molar-refractivity contribution >= 4 is 55.1 Å². The number of rotatable bonds is 14. The second kappa shape index (κ2) is 16.1. The Morgan fingerprint density at radius 3 is 2.13 bits per heavy atom. The number of anilines is 1. The van der Waals surface area contributed by atoms with E-state index in [1.54, 1.807) is 36.4 Å². The molecule has 0 heterocycles. The summed E-state index contributed by atoms with van der Waals surface area (Å²) in [5.41, 5.74) is 2.86. The molecule has 236 valence electrons. The third-order valence-corrected chi connectivity index (χ3v) is 9.94. The average Bonchev–Trinajstić information content (AvgIpc) is 3.03. The van der Waals surface area contributed by atoms with Gasteiger partial charge in [0.25, 0.3) is 10.0 Å². The lowest BCUT2D eigenvalue weighted by Gasteiger charge is -2.34. The van der Waals surface area contributed by atoms with E-state index in [4.69, 9.17) is 11.6 Å². The van der Waals surface area contributed by atoms with Crippen molar-refractivity contribution in [2.45, 2.75) is 50.6 Å². The van der Waals surface area contributed by atoms with Crippen LogP contribution in [0, 0.1) is 6.92 Å². The van der Waals surface area contributed by atoms with Gasteiger partial charge in [-0.25, -0.2) is 8.42 Å². The minimum absolute atomic E-state index is 0.0495. The first-order valence-electron chi connectivity index (χ1n) is 14.8. The van der Waals surface area contributed by atoms with Crippen molar-refractivity contribution in [3.8, 4) is 0 Å². The molecule has 0 aliphatic rings. The van der Waals surface area contributed by atoms with E-state index in [0.717, 1.165) is 38.3 Å². The minimum atomic E-state index is -4.18. The predicted molar refractivity (Wildman–Crippen MR) is 184 cm³/mol. The molecule has 0 aromatic heterocycles. The molecule has 1 N–H and O–H groups in total. The largest absolute Gasteiger partial charge is 0.354 e. The van der Waals surface area contributed by atoms with Gasteiger partial charge in [-0.3, -0.25) is 13.9 Å². The Bertz CT molecular complexity index is 1670. The molecular weight excluding hydrogens is 674 g/mol. The minimum Gasteiger partial charge on any atom is -0.354 e. The molecule has 7 nitrogen and oxygen atoms in total. The highest BCUT2D eigenvalue weighted by Crippen LogP contribution is 2.27. The zero-order chi connectivity index (χ0) is 32.4. The zero-order valence-electron chi connectivity index (χ0n) is 25.3. The second-order valence-electron chi connectivity index (χ2n) is 10.8. The maximum atomic E-state index is 14.5. The summed E-state index contributed by atoms with van der Waals surface area (Å²) in [5, 5.41) is 3.43. The fraction of sp³-hybridized carbons (Fsp3) is 0.257. The Balaban J connectivity index is 1.78. The number of hydrogen-bond acceptors (Lipinski definition) is 4. The van der Waals surface area contributed by atoms with Crippen LogP contribution in [0.15, 0.2) is 112 Å². The lowest BCUT2D eigenvalue weighted by Crippen LogP contribution is -2.53. The van der Waals surface area contributed by atoms with E-state index in [-0.39, 0.29) is 29.5 Å². The van der Waals surface area contributed by atoms with Crippen LogP contribution in [0.5, 0.6) is 0 Å². The number of aryl methyl sites for hydroxylation is 1. The molecule has 2 amide bonds. The van der Waals surface area contributed by atoms with Gasteiger partial charge in [-0.15, -0.1) is 0 Å². The van der Waals surface area contributed by atoms with Gasteiger partial charge in [-0.1, -0.05) is 101 Å². The van der Waals surface area contributed by atoms with Crippen LogP contribution in [0.1, 0.15) is 36.5 Å². The molecule has 4 aromatic rings. The number of nitrogens with zero attached hydrogens (tertiary/aromatic N) is 2. The van der Waals surface area contributed by atoms with E-state index in [9.17, 15) is 18.0 Å². The smallest absolute Gasteiger partial charge is 0.264 e. The van der Waals surface area contributed by atoms with Crippen LogP contribution in [0.3, 0.4) is 0 Å². The predicted octanol–water partition coefficient (Wildman–Crippen LogP) is 7.16. The monoisotopic (exact) mass is 709 g/mol. The van der Waals surface area contributed by atoms with Crippen LogP contribution in [-0.2, 0) is 32.6 Å². The molecule has 0 aliphatic carbocycles. The van der Waals surface area contributed by atoms with Gasteiger partial charge in [-0.2, -0.15) is 0 Å². The third kappa shape index (κ3) is 9.42. The third-order valence-electron chi connectivity index (χ3n) is 7.37. The van der Waals surface area contributed by atoms with Crippen molar-refractivity contribution in [1.82, 2.24) is 10.2 Å². The Labute approximate surface area is 279 Å². The van der Waals surface area contributed by atoms with Crippen molar-refractivity contribution in [3.63, 3.8) is 0 Å². The Morgan fingerprint density at radius 2 is 1.51 bits per heavy atom. The molecule has 45 heavy (non-hydrogen) atoms. The van der Waals surface area contributed by atoms with Crippen molar-refractivity contribution in [2.75, 3.05) is 17.4 Å². The highest BCUT2D eigenvalue weighted by molar-refractivity contribution is 9.10. The summed E-state index contributed by atoms with van der Waals surface area (Å²) < 4.78 is 30.1. The zero-order valence-corrected chi connectivity index (χ0v) is 28.5. The van der Waals surface area contributed by atoms with E-state index in [2.05, 4.69) is 21.2 Å². The highest BCUT2D eigenvalue weighted by atomic mass is 79.9. The SMILES string of the molecule is CCCCNC(=O)[C@H](Cc1ccccc1)N(Cc1ccc(Br)cc1)C(=O)CN(c1ccc(Cl)cc1)S(=O)(=O)c1ccc(C)cc1. The summed E-state index contributed by atoms with van der Waals surface area (Å²) >= 11 is 9.59. The topological polar surface area (TPSA) is 86.8 Å². The van der Waals surface area contributed by atoms with Crippen molar-refractivity contribution < 1.29 is 18.0 Å². The summed E-state index contributed by atoms with van der Waals surface area (Å²) in [7, 11) is -4.18. The number of unbranched alkanes of at least 4 members (excludes halogenated alkanes) is 1. The molecule has 10 heteroatoms. The second-order valence-corrected chi connectivity index (χ2v) is 14.0. The summed E-state index contributed by atoms with van der Waals surface area (Å²) in [5.74, 6) is -0.813. The summed E-state index contributed by atoms with van der Waals surface area (Å²) in [6, 6.07) is 28.9. The van der Waals surface area contributed by atoms with Crippen molar-refractivity contribution in [2.24, 2.45) is 0 Å². The lowest BCUT2D eigenvalue weighted by atomic mass is 10.0. The Kier molecular flexibility index (Phi) is 12.2. The van der Waals surface area contributed by atoms with Gasteiger partial charge in [0.2, 0.25) is 11.8 Å². The standard InChI is InChI=1S/C35H37BrClN3O4S/c1-3-4-22-38-35(42)33(23-27-8-6-5-7-9-27)39(24-28-12-14-29(36)15-13-28)34(41)25-40(31-18-16-30(37)17-19-31)45(43,44)32-20-10-26(2)11-21-32/h5-21,33H,3-4,22-25H2,1-2H3,(H,38,42)/t33-/m0/s1. The molecule has 1 atom stereocenters. The maximum Gasteiger partial charge on any atom is 0.264 e.